The summed E-state index contributed by atoms with van der Waals surface area (Å²) in [5, 5.41) is 9.10. The van der Waals surface area contributed by atoms with Crippen LogP contribution in [0.1, 0.15) is 107 Å². The summed E-state index contributed by atoms with van der Waals surface area (Å²) in [6, 6.07) is 2.47. The lowest BCUT2D eigenvalue weighted by Crippen LogP contribution is -2.19. The van der Waals surface area contributed by atoms with E-state index >= 15 is 0 Å². The van der Waals surface area contributed by atoms with Crippen LogP contribution in [-0.4, -0.2) is 23.9 Å². The van der Waals surface area contributed by atoms with E-state index in [4.69, 9.17) is 9.84 Å². The SMILES string of the molecule is COc1cc(C(=O)O)c(F)cc1NSCC1CCC(CC2CCC(CC3CCCCCC3)C2)CC1. The van der Waals surface area contributed by atoms with Gasteiger partial charge in [-0.05, 0) is 67.8 Å². The van der Waals surface area contributed by atoms with E-state index in [-0.39, 0.29) is 5.56 Å². The predicted molar refractivity (Wildman–Crippen MR) is 143 cm³/mol. The summed E-state index contributed by atoms with van der Waals surface area (Å²) in [6.07, 6.45) is 21.5. The molecule has 0 saturated heterocycles. The molecule has 3 saturated carbocycles. The van der Waals surface area contributed by atoms with Crippen LogP contribution in [0.5, 0.6) is 5.75 Å². The number of ether oxygens (including phenoxy) is 1. The van der Waals surface area contributed by atoms with Crippen LogP contribution in [0.15, 0.2) is 12.1 Å². The third kappa shape index (κ3) is 7.77. The number of halogens is 1. The van der Waals surface area contributed by atoms with Crippen molar-refractivity contribution in [2.45, 2.75) is 96.3 Å². The van der Waals surface area contributed by atoms with Crippen LogP contribution in [-0.2, 0) is 0 Å². The van der Waals surface area contributed by atoms with Crippen LogP contribution in [0.4, 0.5) is 10.1 Å². The lowest BCUT2D eigenvalue weighted by atomic mass is 9.78. The topological polar surface area (TPSA) is 58.6 Å². The largest absolute Gasteiger partial charge is 0.495 e. The Morgan fingerprint density at radius 3 is 2.09 bits per heavy atom. The number of carboxylic acids is 1. The van der Waals surface area contributed by atoms with Gasteiger partial charge in [-0.3, -0.25) is 0 Å². The molecule has 4 nitrogen and oxygen atoms in total. The second-order valence-electron chi connectivity index (χ2n) is 11.5. The average Bonchev–Trinajstić information content (AvgIpc) is 3.11. The molecule has 2 unspecified atom stereocenters. The molecular formula is C29H44FNO3S. The van der Waals surface area contributed by atoms with Gasteiger partial charge in [0.2, 0.25) is 0 Å². The molecule has 0 heterocycles. The molecule has 4 rings (SSSR count). The third-order valence-corrected chi connectivity index (χ3v) is 9.95. The van der Waals surface area contributed by atoms with Gasteiger partial charge in [0.25, 0.3) is 0 Å². The zero-order valence-corrected chi connectivity index (χ0v) is 22.2. The van der Waals surface area contributed by atoms with Crippen molar-refractivity contribution in [3.05, 3.63) is 23.5 Å². The second kappa shape index (κ2) is 13.2. The van der Waals surface area contributed by atoms with Crippen LogP contribution in [0.3, 0.4) is 0 Å². The Labute approximate surface area is 215 Å². The number of carboxylic acid groups (broad SMARTS) is 1. The van der Waals surface area contributed by atoms with Gasteiger partial charge in [0.05, 0.1) is 18.4 Å². The Balaban J connectivity index is 1.14. The highest BCUT2D eigenvalue weighted by Crippen LogP contribution is 2.43. The van der Waals surface area contributed by atoms with E-state index in [9.17, 15) is 9.18 Å². The van der Waals surface area contributed by atoms with Crippen molar-refractivity contribution >= 4 is 23.6 Å². The molecule has 0 amide bonds. The quantitative estimate of drug-likeness (QED) is 0.246. The normalized spacial score (nSPS) is 27.9. The van der Waals surface area contributed by atoms with Crippen LogP contribution in [0.25, 0.3) is 0 Å². The maximum absolute atomic E-state index is 14.1. The van der Waals surface area contributed by atoms with Gasteiger partial charge in [-0.25, -0.2) is 9.18 Å². The number of hydrogen-bond donors (Lipinski definition) is 2. The number of methoxy groups -OCH3 is 1. The maximum atomic E-state index is 14.1. The Bertz CT molecular complexity index is 818. The summed E-state index contributed by atoms with van der Waals surface area (Å²) < 4.78 is 22.5. The fourth-order valence-corrected chi connectivity index (χ4v) is 7.95. The van der Waals surface area contributed by atoms with Gasteiger partial charge in [0, 0.05) is 11.8 Å². The summed E-state index contributed by atoms with van der Waals surface area (Å²) in [4.78, 5) is 11.1. The zero-order valence-electron chi connectivity index (χ0n) is 21.4. The van der Waals surface area contributed by atoms with Gasteiger partial charge in [-0.1, -0.05) is 76.2 Å². The smallest absolute Gasteiger partial charge is 0.338 e. The monoisotopic (exact) mass is 505 g/mol. The van der Waals surface area contributed by atoms with Gasteiger partial charge in [-0.2, -0.15) is 0 Å². The molecule has 35 heavy (non-hydrogen) atoms. The fraction of sp³-hybridized carbons (Fsp3) is 0.759. The van der Waals surface area contributed by atoms with Gasteiger partial charge >= 0.3 is 5.97 Å². The van der Waals surface area contributed by atoms with Gasteiger partial charge in [0.15, 0.2) is 0 Å². The first-order chi connectivity index (χ1) is 17.0. The molecular weight excluding hydrogens is 461 g/mol. The van der Waals surface area contributed by atoms with E-state index in [1.807, 2.05) is 0 Å². The lowest BCUT2D eigenvalue weighted by molar-refractivity contribution is 0.0691. The molecule has 196 valence electrons. The fourth-order valence-electron chi connectivity index (χ4n) is 6.99. The second-order valence-corrected chi connectivity index (χ2v) is 12.3. The van der Waals surface area contributed by atoms with Crippen molar-refractivity contribution < 1.29 is 19.0 Å². The average molecular weight is 506 g/mol. The van der Waals surface area contributed by atoms with Gasteiger partial charge < -0.3 is 14.6 Å². The lowest BCUT2D eigenvalue weighted by Gasteiger charge is -2.30. The van der Waals surface area contributed by atoms with Crippen molar-refractivity contribution in [3.8, 4) is 5.75 Å². The molecule has 3 aliphatic carbocycles. The van der Waals surface area contributed by atoms with Crippen LogP contribution >= 0.6 is 11.9 Å². The number of carbonyl (C=O) groups is 1. The Hall–Kier alpha value is -1.43. The van der Waals surface area contributed by atoms with Crippen LogP contribution < -0.4 is 9.46 Å². The summed E-state index contributed by atoms with van der Waals surface area (Å²) in [5.74, 6) is 3.89. The first-order valence-corrected chi connectivity index (χ1v) is 15.0. The van der Waals surface area contributed by atoms with Gasteiger partial charge in [-0.15, -0.1) is 0 Å². The van der Waals surface area contributed by atoms with Crippen LogP contribution in [0.2, 0.25) is 0 Å². The molecule has 0 spiro atoms. The number of benzene rings is 1. The Kier molecular flexibility index (Phi) is 10.1. The number of anilines is 1. The Morgan fingerprint density at radius 1 is 0.914 bits per heavy atom. The molecule has 0 aromatic heterocycles. The summed E-state index contributed by atoms with van der Waals surface area (Å²) in [5.41, 5.74) is 0.127. The maximum Gasteiger partial charge on any atom is 0.338 e. The van der Waals surface area contributed by atoms with E-state index in [1.54, 1.807) is 11.9 Å². The minimum absolute atomic E-state index is 0.355. The Morgan fingerprint density at radius 2 is 1.49 bits per heavy atom. The van der Waals surface area contributed by atoms with E-state index in [1.165, 1.54) is 116 Å². The highest BCUT2D eigenvalue weighted by molar-refractivity contribution is 8.00. The minimum atomic E-state index is -1.29. The number of nitrogens with one attached hydrogen (secondary N) is 1. The zero-order chi connectivity index (χ0) is 24.6. The van der Waals surface area contributed by atoms with E-state index in [0.29, 0.717) is 17.4 Å². The first kappa shape index (κ1) is 26.6. The molecule has 6 heteroatoms. The summed E-state index contributed by atoms with van der Waals surface area (Å²) in [6.45, 7) is 0. The molecule has 3 aliphatic rings. The minimum Gasteiger partial charge on any atom is -0.495 e. The summed E-state index contributed by atoms with van der Waals surface area (Å²) in [7, 11) is 1.47. The van der Waals surface area contributed by atoms with Crippen molar-refractivity contribution in [1.82, 2.24) is 0 Å². The molecule has 1 aromatic carbocycles. The van der Waals surface area contributed by atoms with Crippen molar-refractivity contribution in [2.24, 2.45) is 29.6 Å². The van der Waals surface area contributed by atoms with Crippen molar-refractivity contribution in [2.75, 3.05) is 17.6 Å². The predicted octanol–water partition coefficient (Wildman–Crippen LogP) is 8.57. The number of aromatic carboxylic acids is 1. The molecule has 2 atom stereocenters. The first-order valence-electron chi connectivity index (χ1n) is 14.0. The van der Waals surface area contributed by atoms with Crippen molar-refractivity contribution in [3.63, 3.8) is 0 Å². The molecule has 1 aromatic rings. The standard InChI is InChI=1S/C29H44FNO3S/c1-34-28-17-25(29(32)33)26(30)18-27(28)31-35-19-22-10-8-21(9-11-22)15-24-13-12-23(16-24)14-20-6-4-2-3-5-7-20/h17-18,20-24,31H,2-16,19H2,1H3,(H,32,33). The van der Waals surface area contributed by atoms with Crippen LogP contribution in [0, 0.1) is 35.4 Å². The highest BCUT2D eigenvalue weighted by atomic mass is 32.2. The molecule has 0 aliphatic heterocycles. The summed E-state index contributed by atoms with van der Waals surface area (Å²) >= 11 is 1.57. The molecule has 3 fully saturated rings. The van der Waals surface area contributed by atoms with Gasteiger partial charge in [0.1, 0.15) is 11.6 Å². The third-order valence-electron chi connectivity index (χ3n) is 8.94. The van der Waals surface area contributed by atoms with E-state index in [2.05, 4.69) is 4.72 Å². The molecule has 0 radical (unpaired) electrons. The molecule has 0 bridgehead atoms. The highest BCUT2D eigenvalue weighted by Gasteiger charge is 2.30. The van der Waals surface area contributed by atoms with E-state index < -0.39 is 11.8 Å². The number of hydrogen-bond acceptors (Lipinski definition) is 4. The van der Waals surface area contributed by atoms with Crippen molar-refractivity contribution in [1.29, 1.82) is 0 Å². The molecule has 2 N–H and O–H groups in total. The van der Waals surface area contributed by atoms with E-state index in [0.717, 1.165) is 29.4 Å². The number of rotatable bonds is 10.